The van der Waals surface area contributed by atoms with E-state index in [-0.39, 0.29) is 0 Å². The van der Waals surface area contributed by atoms with Crippen LogP contribution in [0.15, 0.2) is 243 Å². The third kappa shape index (κ3) is 8.97. The van der Waals surface area contributed by atoms with Gasteiger partial charge in [0.2, 0.25) is 0 Å². The predicted octanol–water partition coefficient (Wildman–Crippen LogP) is 8.33. The average molecular weight is 719 g/mol. The number of aryl methyl sites for hydroxylation is 2. The average Bonchev–Trinajstić information content (AvgIpc) is 3.24. The first-order valence-corrected chi connectivity index (χ1v) is 22.0. The summed E-state index contributed by atoms with van der Waals surface area (Å²) in [4.78, 5) is 0. The highest BCUT2D eigenvalue weighted by atomic mass is 28.4. The zero-order valence-electron chi connectivity index (χ0n) is 30.5. The van der Waals surface area contributed by atoms with Gasteiger partial charge >= 0.3 is 0 Å². The summed E-state index contributed by atoms with van der Waals surface area (Å²) in [6.45, 7) is 4.17. The molecule has 0 aliphatic carbocycles. The van der Waals surface area contributed by atoms with Crippen LogP contribution in [-0.2, 0) is 4.12 Å². The highest BCUT2D eigenvalue weighted by Crippen LogP contribution is 2.19. The van der Waals surface area contributed by atoms with Gasteiger partial charge in [-0.25, -0.2) is 0 Å². The molecule has 0 unspecified atom stereocenters. The maximum Gasteiger partial charge on any atom is 0.278 e. The van der Waals surface area contributed by atoms with Crippen molar-refractivity contribution in [1.82, 2.24) is 0 Å². The van der Waals surface area contributed by atoms with E-state index in [9.17, 15) is 0 Å². The summed E-state index contributed by atoms with van der Waals surface area (Å²) >= 11 is 0. The molecule has 0 spiro atoms. The van der Waals surface area contributed by atoms with Gasteiger partial charge in [0.1, 0.15) is 0 Å². The lowest BCUT2D eigenvalue weighted by atomic mass is 10.2. The summed E-state index contributed by atoms with van der Waals surface area (Å²) in [6.07, 6.45) is 0. The fraction of sp³-hybridized carbons (Fsp3) is 0.0400. The minimum absolute atomic E-state index is 1.24. The molecule has 8 aromatic carbocycles. The Kier molecular flexibility index (Phi) is 13.0. The molecule has 8 aromatic rings. The molecule has 0 radical (unpaired) electrons. The highest BCUT2D eigenvalue weighted by Gasteiger charge is 2.52. The molecule has 0 aliphatic rings. The number of benzene rings is 8. The van der Waals surface area contributed by atoms with Crippen LogP contribution < -0.4 is 31.1 Å². The summed E-state index contributed by atoms with van der Waals surface area (Å²) in [5.41, 5.74) is 2.64. The molecule has 0 saturated carbocycles. The summed E-state index contributed by atoms with van der Waals surface area (Å²) in [7, 11) is -6.09. The highest BCUT2D eigenvalue weighted by molar-refractivity contribution is 7.18. The van der Waals surface area contributed by atoms with E-state index < -0.39 is 16.6 Å². The summed E-state index contributed by atoms with van der Waals surface area (Å²) in [5, 5.41) is 7.43. The molecule has 0 heterocycles. The first kappa shape index (κ1) is 36.9. The first-order chi connectivity index (χ1) is 26.1. The Labute approximate surface area is 318 Å². The lowest BCUT2D eigenvalue weighted by Gasteiger charge is -2.44. The van der Waals surface area contributed by atoms with Crippen molar-refractivity contribution in [2.24, 2.45) is 0 Å². The normalized spacial score (nSPS) is 10.9. The van der Waals surface area contributed by atoms with Crippen LogP contribution in [0.3, 0.4) is 0 Å². The van der Waals surface area contributed by atoms with Gasteiger partial charge in [-0.2, -0.15) is 0 Å². The molecule has 0 aliphatic heterocycles. The van der Waals surface area contributed by atoms with E-state index in [1.54, 1.807) is 0 Å². The second kappa shape index (κ2) is 18.6. The van der Waals surface area contributed by atoms with Crippen LogP contribution in [-0.4, -0.2) is 16.6 Å². The van der Waals surface area contributed by atoms with Crippen molar-refractivity contribution in [2.45, 2.75) is 13.8 Å². The third-order valence-corrected chi connectivity index (χ3v) is 18.6. The molecular formula is C50H46OSi2. The fourth-order valence-corrected chi connectivity index (χ4v) is 17.3. The van der Waals surface area contributed by atoms with Crippen molar-refractivity contribution >= 4 is 47.8 Å². The Bertz CT molecular complexity index is 1830. The Balaban J connectivity index is 0.000000286. The maximum absolute atomic E-state index is 8.22. The molecule has 0 fully saturated rings. The zero-order valence-corrected chi connectivity index (χ0v) is 32.5. The number of rotatable bonds is 8. The largest absolute Gasteiger partial charge is 0.435 e. The Morgan fingerprint density at radius 3 is 0.509 bits per heavy atom. The minimum Gasteiger partial charge on any atom is -0.435 e. The van der Waals surface area contributed by atoms with Crippen LogP contribution in [0.4, 0.5) is 0 Å². The zero-order chi connectivity index (χ0) is 36.6. The third-order valence-electron chi connectivity index (χ3n) is 9.27. The van der Waals surface area contributed by atoms with Crippen molar-refractivity contribution in [3.8, 4) is 0 Å². The summed E-state index contributed by atoms with van der Waals surface area (Å²) in [5.74, 6) is 0. The van der Waals surface area contributed by atoms with E-state index in [2.05, 4.69) is 220 Å². The van der Waals surface area contributed by atoms with Crippen molar-refractivity contribution in [3.63, 3.8) is 0 Å². The van der Waals surface area contributed by atoms with Gasteiger partial charge in [-0.05, 0) is 45.0 Å². The first-order valence-electron chi connectivity index (χ1n) is 18.2. The van der Waals surface area contributed by atoms with Crippen LogP contribution in [0.5, 0.6) is 0 Å². The van der Waals surface area contributed by atoms with Crippen LogP contribution in [0, 0.1) is 13.8 Å². The molecule has 1 nitrogen and oxygen atoms in total. The van der Waals surface area contributed by atoms with Crippen molar-refractivity contribution in [3.05, 3.63) is 254 Å². The van der Waals surface area contributed by atoms with Gasteiger partial charge in [0.05, 0.1) is 0 Å². The van der Waals surface area contributed by atoms with Crippen molar-refractivity contribution < 1.29 is 4.12 Å². The van der Waals surface area contributed by atoms with Gasteiger partial charge in [-0.15, -0.1) is 0 Å². The van der Waals surface area contributed by atoms with Gasteiger partial charge in [-0.3, -0.25) is 0 Å². The topological polar surface area (TPSA) is 9.23 Å². The van der Waals surface area contributed by atoms with E-state index in [1.165, 1.54) is 42.2 Å². The van der Waals surface area contributed by atoms with Crippen LogP contribution in [0.25, 0.3) is 0 Å². The van der Waals surface area contributed by atoms with Gasteiger partial charge < -0.3 is 4.12 Å². The monoisotopic (exact) mass is 718 g/mol. The molecule has 0 saturated heterocycles. The van der Waals surface area contributed by atoms with Gasteiger partial charge in [0.15, 0.2) is 0 Å². The molecular weight excluding hydrogens is 673 g/mol. The lowest BCUT2D eigenvalue weighted by Crippen LogP contribution is -2.81. The molecule has 0 bridgehead atoms. The maximum atomic E-state index is 8.22. The molecule has 260 valence electrons. The Morgan fingerprint density at radius 2 is 0.377 bits per heavy atom. The van der Waals surface area contributed by atoms with Crippen molar-refractivity contribution in [1.29, 1.82) is 0 Å². The predicted molar refractivity (Wildman–Crippen MR) is 231 cm³/mol. The van der Waals surface area contributed by atoms with Gasteiger partial charge in [0.25, 0.3) is 16.6 Å². The van der Waals surface area contributed by atoms with Gasteiger partial charge in [0, 0.05) is 0 Å². The Hall–Kier alpha value is -5.85. The standard InChI is InChI=1S/C36H30OSi2.2C7H8/c1-7-19-31(20-8-1)38(32-21-9-2-10-22-32,33-23-11-3-12-24-33)37-39(34-25-13-4-14-26-34,35-27-15-5-16-28-35)36-29-17-6-18-30-36;2*1-7-5-3-2-4-6-7/h1-30H;2*2-6H,1H3. The van der Waals surface area contributed by atoms with Crippen molar-refractivity contribution in [2.75, 3.05) is 0 Å². The minimum atomic E-state index is -3.05. The molecule has 3 heteroatoms. The van der Waals surface area contributed by atoms with Crippen LogP contribution in [0.1, 0.15) is 11.1 Å². The molecule has 0 N–H and O–H groups in total. The van der Waals surface area contributed by atoms with E-state index in [0.29, 0.717) is 0 Å². The second-order valence-electron chi connectivity index (χ2n) is 13.0. The Morgan fingerprint density at radius 1 is 0.226 bits per heavy atom. The molecule has 0 atom stereocenters. The molecule has 8 rings (SSSR count). The molecule has 0 amide bonds. The summed E-state index contributed by atoms with van der Waals surface area (Å²) in [6, 6.07) is 85.9. The van der Waals surface area contributed by atoms with E-state index >= 15 is 0 Å². The number of hydrogen-bond acceptors (Lipinski definition) is 1. The van der Waals surface area contributed by atoms with Crippen LogP contribution >= 0.6 is 0 Å². The van der Waals surface area contributed by atoms with E-state index in [4.69, 9.17) is 4.12 Å². The molecule has 53 heavy (non-hydrogen) atoms. The molecule has 0 aromatic heterocycles. The smallest absolute Gasteiger partial charge is 0.278 e. The fourth-order valence-electron chi connectivity index (χ4n) is 6.69. The summed E-state index contributed by atoms with van der Waals surface area (Å²) < 4.78 is 8.22. The number of hydrogen-bond donors (Lipinski definition) is 0. The van der Waals surface area contributed by atoms with Crippen LogP contribution in [0.2, 0.25) is 0 Å². The SMILES string of the molecule is Cc1ccccc1.Cc1ccccc1.c1ccc([Si](O[Si](c2ccccc2)(c2ccccc2)c2ccccc2)(c2ccccc2)c2ccccc2)cc1. The second-order valence-corrected chi connectivity index (χ2v) is 20.0. The quantitative estimate of drug-likeness (QED) is 0.114. The van der Waals surface area contributed by atoms with E-state index in [0.717, 1.165) is 0 Å². The van der Waals surface area contributed by atoms with E-state index in [1.807, 2.05) is 36.4 Å². The lowest BCUT2D eigenvalue weighted by molar-refractivity contribution is 0.600. The van der Waals surface area contributed by atoms with Gasteiger partial charge in [-0.1, -0.05) is 254 Å².